The van der Waals surface area contributed by atoms with Crippen LogP contribution in [0.25, 0.3) is 21.5 Å². The van der Waals surface area contributed by atoms with E-state index < -0.39 is 11.7 Å². The van der Waals surface area contributed by atoms with Crippen LogP contribution in [0.5, 0.6) is 0 Å². The SMILES string of the molecule is Cc1cc(-c2c(C(C)C)c3c(C)c(Br)sc3n2C(=O)OC(C)(C)C)c[nH]/c1=N\C=N. The van der Waals surface area contributed by atoms with Crippen molar-refractivity contribution in [1.29, 1.82) is 5.41 Å². The maximum Gasteiger partial charge on any atom is 0.420 e. The zero-order valence-corrected chi connectivity index (χ0v) is 20.7. The van der Waals surface area contributed by atoms with Crippen LogP contribution < -0.4 is 5.49 Å². The van der Waals surface area contributed by atoms with Gasteiger partial charge in [-0.2, -0.15) is 0 Å². The molecule has 6 nitrogen and oxygen atoms in total. The van der Waals surface area contributed by atoms with Crippen molar-refractivity contribution in [3.05, 3.63) is 38.2 Å². The molecule has 0 aliphatic heterocycles. The molecule has 0 aliphatic rings. The quantitative estimate of drug-likeness (QED) is 0.324. The fraction of sp³-hybridized carbons (Fsp3) is 0.409. The van der Waals surface area contributed by atoms with Crippen LogP contribution in [-0.4, -0.2) is 27.6 Å². The van der Waals surface area contributed by atoms with Gasteiger partial charge in [-0.3, -0.25) is 5.41 Å². The van der Waals surface area contributed by atoms with E-state index in [4.69, 9.17) is 10.1 Å². The average molecular weight is 491 g/mol. The number of thiophene rings is 1. The van der Waals surface area contributed by atoms with Crippen molar-refractivity contribution >= 4 is 49.9 Å². The molecule has 8 heteroatoms. The van der Waals surface area contributed by atoms with Crippen LogP contribution in [0, 0.1) is 19.3 Å². The van der Waals surface area contributed by atoms with Gasteiger partial charge < -0.3 is 9.72 Å². The highest BCUT2D eigenvalue weighted by Gasteiger charge is 2.30. The lowest BCUT2D eigenvalue weighted by atomic mass is 9.96. The lowest BCUT2D eigenvalue weighted by Gasteiger charge is -2.21. The van der Waals surface area contributed by atoms with E-state index >= 15 is 0 Å². The van der Waals surface area contributed by atoms with Crippen LogP contribution >= 0.6 is 27.3 Å². The first-order valence-corrected chi connectivity index (χ1v) is 11.4. The maximum absolute atomic E-state index is 13.4. The number of rotatable bonds is 3. The van der Waals surface area contributed by atoms with Gasteiger partial charge in [-0.05, 0) is 79.2 Å². The Morgan fingerprint density at radius 2 is 2.03 bits per heavy atom. The predicted molar refractivity (Wildman–Crippen MR) is 127 cm³/mol. The van der Waals surface area contributed by atoms with Crippen molar-refractivity contribution in [1.82, 2.24) is 9.55 Å². The van der Waals surface area contributed by atoms with E-state index in [0.717, 1.165) is 48.3 Å². The summed E-state index contributed by atoms with van der Waals surface area (Å²) >= 11 is 5.19. The topological polar surface area (TPSA) is 83.2 Å². The largest absolute Gasteiger partial charge is 0.443 e. The third-order valence-corrected chi connectivity index (χ3v) is 6.90. The molecule has 3 rings (SSSR count). The van der Waals surface area contributed by atoms with Crippen molar-refractivity contribution in [2.24, 2.45) is 4.99 Å². The number of pyridine rings is 1. The van der Waals surface area contributed by atoms with Gasteiger partial charge in [-0.15, -0.1) is 11.3 Å². The van der Waals surface area contributed by atoms with Crippen LogP contribution in [0.15, 0.2) is 21.0 Å². The molecule has 0 unspecified atom stereocenters. The van der Waals surface area contributed by atoms with Gasteiger partial charge in [0.2, 0.25) is 0 Å². The molecule has 30 heavy (non-hydrogen) atoms. The van der Waals surface area contributed by atoms with Crippen molar-refractivity contribution in [3.63, 3.8) is 0 Å². The Labute approximate surface area is 188 Å². The smallest absolute Gasteiger partial charge is 0.420 e. The second kappa shape index (κ2) is 8.15. The number of aryl methyl sites for hydroxylation is 2. The lowest BCUT2D eigenvalue weighted by molar-refractivity contribution is 0.0547. The minimum atomic E-state index is -0.610. The summed E-state index contributed by atoms with van der Waals surface area (Å²) in [4.78, 5) is 21.4. The Kier molecular flexibility index (Phi) is 6.11. The predicted octanol–water partition coefficient (Wildman–Crippen LogP) is 6.49. The Bertz CT molecular complexity index is 1210. The molecule has 0 saturated carbocycles. The molecule has 0 radical (unpaired) electrons. The van der Waals surface area contributed by atoms with Gasteiger partial charge in [0.15, 0.2) is 0 Å². The van der Waals surface area contributed by atoms with Crippen molar-refractivity contribution in [3.8, 4) is 11.3 Å². The molecule has 0 aliphatic carbocycles. The summed E-state index contributed by atoms with van der Waals surface area (Å²) in [5, 5.41) is 8.33. The van der Waals surface area contributed by atoms with E-state index in [2.05, 4.69) is 46.7 Å². The number of carbonyl (C=O) groups is 1. The summed E-state index contributed by atoms with van der Waals surface area (Å²) in [6, 6.07) is 1.99. The first kappa shape index (κ1) is 22.5. The van der Waals surface area contributed by atoms with Gasteiger partial charge in [0, 0.05) is 17.1 Å². The normalized spacial score (nSPS) is 12.8. The van der Waals surface area contributed by atoms with Crippen molar-refractivity contribution < 1.29 is 9.53 Å². The molecule has 3 heterocycles. The van der Waals surface area contributed by atoms with Crippen LogP contribution in [0.2, 0.25) is 0 Å². The maximum atomic E-state index is 13.4. The molecule has 0 fully saturated rings. The van der Waals surface area contributed by atoms with Crippen LogP contribution in [-0.2, 0) is 4.74 Å². The summed E-state index contributed by atoms with van der Waals surface area (Å²) in [7, 11) is 0. The van der Waals surface area contributed by atoms with Gasteiger partial charge in [-0.1, -0.05) is 13.8 Å². The van der Waals surface area contributed by atoms with E-state index in [1.165, 1.54) is 0 Å². The molecule has 0 aromatic carbocycles. The third-order valence-electron chi connectivity index (χ3n) is 4.75. The number of fused-ring (bicyclic) bond motifs is 1. The molecular weight excluding hydrogens is 464 g/mol. The molecule has 3 aromatic rings. The fourth-order valence-electron chi connectivity index (χ4n) is 3.56. The zero-order chi connectivity index (χ0) is 22.4. The number of aromatic amines is 1. The molecule has 0 spiro atoms. The number of nitrogens with zero attached hydrogens (tertiary/aromatic N) is 2. The van der Waals surface area contributed by atoms with Crippen molar-refractivity contribution in [2.45, 2.75) is 60.0 Å². The first-order valence-electron chi connectivity index (χ1n) is 9.75. The minimum absolute atomic E-state index is 0.192. The highest BCUT2D eigenvalue weighted by molar-refractivity contribution is 9.11. The number of carbonyl (C=O) groups excluding carboxylic acids is 1. The molecule has 0 bridgehead atoms. The standard InChI is InChI=1S/C22H27BrN4O2S/c1-11(2)15-16-13(4)18(23)30-20(16)27(21(28)29-22(5,6)7)17(15)14-8-12(3)19(25-9-14)26-10-24/h8-11H,1-7H3,(H2,24,25,26). The van der Waals surface area contributed by atoms with Gasteiger partial charge in [-0.25, -0.2) is 14.4 Å². The summed E-state index contributed by atoms with van der Waals surface area (Å²) in [6.07, 6.45) is 2.46. The Hall–Kier alpha value is -2.19. The molecule has 0 amide bonds. The van der Waals surface area contributed by atoms with Gasteiger partial charge >= 0.3 is 6.09 Å². The second-order valence-corrected chi connectivity index (χ2v) is 10.9. The molecule has 0 atom stereocenters. The minimum Gasteiger partial charge on any atom is -0.443 e. The average Bonchev–Trinajstić information content (AvgIpc) is 3.09. The summed E-state index contributed by atoms with van der Waals surface area (Å²) in [6.45, 7) is 13.9. The van der Waals surface area contributed by atoms with Crippen molar-refractivity contribution in [2.75, 3.05) is 0 Å². The van der Waals surface area contributed by atoms with E-state index in [1.807, 2.05) is 40.0 Å². The zero-order valence-electron chi connectivity index (χ0n) is 18.3. The molecule has 160 valence electrons. The van der Waals surface area contributed by atoms with Crippen LogP contribution in [0.4, 0.5) is 4.79 Å². The third kappa shape index (κ3) is 4.03. The summed E-state index contributed by atoms with van der Waals surface area (Å²) in [5.74, 6) is 0.192. The molecule has 0 saturated heterocycles. The second-order valence-electron chi connectivity index (χ2n) is 8.59. The Morgan fingerprint density at radius 3 is 2.57 bits per heavy atom. The lowest BCUT2D eigenvalue weighted by Crippen LogP contribution is -2.27. The van der Waals surface area contributed by atoms with Crippen LogP contribution in [0.1, 0.15) is 57.2 Å². The van der Waals surface area contributed by atoms with E-state index in [1.54, 1.807) is 15.9 Å². The van der Waals surface area contributed by atoms with E-state index in [9.17, 15) is 4.79 Å². The Morgan fingerprint density at radius 1 is 1.37 bits per heavy atom. The number of aromatic nitrogens is 2. The monoisotopic (exact) mass is 490 g/mol. The molecular formula is C22H27BrN4O2S. The fourth-order valence-corrected chi connectivity index (χ4v) is 5.26. The molecule has 2 N–H and O–H groups in total. The van der Waals surface area contributed by atoms with Gasteiger partial charge in [0.05, 0.1) is 9.48 Å². The number of H-pyrrole nitrogens is 1. The van der Waals surface area contributed by atoms with E-state index in [0.29, 0.717) is 5.49 Å². The number of nitrogens with one attached hydrogen (secondary N) is 2. The summed E-state index contributed by atoms with van der Waals surface area (Å²) < 4.78 is 8.50. The van der Waals surface area contributed by atoms with Crippen LogP contribution in [0.3, 0.4) is 0 Å². The number of ether oxygens (including phenoxy) is 1. The van der Waals surface area contributed by atoms with E-state index in [-0.39, 0.29) is 5.92 Å². The first-order chi connectivity index (χ1) is 14.0. The molecule has 3 aromatic heterocycles. The van der Waals surface area contributed by atoms with Gasteiger partial charge in [0.25, 0.3) is 0 Å². The highest BCUT2D eigenvalue weighted by atomic mass is 79.9. The Balaban J connectivity index is 2.42. The highest BCUT2D eigenvalue weighted by Crippen LogP contribution is 2.46. The number of hydrogen-bond donors (Lipinski definition) is 2. The van der Waals surface area contributed by atoms with Gasteiger partial charge in [0.1, 0.15) is 22.3 Å². The number of hydrogen-bond acceptors (Lipinski definition) is 4. The number of halogens is 1. The summed E-state index contributed by atoms with van der Waals surface area (Å²) in [5.41, 5.74) is 4.85.